The topological polar surface area (TPSA) is 42.7 Å². The van der Waals surface area contributed by atoms with E-state index in [4.69, 9.17) is 0 Å². The second-order valence-electron chi connectivity index (χ2n) is 4.31. The molecule has 0 saturated heterocycles. The van der Waals surface area contributed by atoms with Gasteiger partial charge in [-0.05, 0) is 37.1 Å². The Hall–Kier alpha value is -1.68. The Bertz CT molecular complexity index is 450. The first-order chi connectivity index (χ1) is 8.25. The van der Waals surface area contributed by atoms with Gasteiger partial charge in [-0.25, -0.2) is 0 Å². The molecule has 0 aliphatic carbocycles. The van der Waals surface area contributed by atoms with Crippen LogP contribution in [0.15, 0.2) is 36.9 Å². The van der Waals surface area contributed by atoms with Gasteiger partial charge >= 0.3 is 0 Å². The lowest BCUT2D eigenvalue weighted by Crippen LogP contribution is -2.30. The zero-order chi connectivity index (χ0) is 12.1. The molecule has 0 aliphatic rings. The standard InChI is InChI=1S/C13H18N4/c1-11-4-6-14-8-13(11)9-15-12(2)10-17-7-3-5-16-17/h3-8,12,15H,9-10H2,1-2H3. The van der Waals surface area contributed by atoms with Crippen molar-refractivity contribution in [2.75, 3.05) is 0 Å². The Morgan fingerprint density at radius 1 is 1.41 bits per heavy atom. The van der Waals surface area contributed by atoms with Gasteiger partial charge in [0.05, 0.1) is 6.54 Å². The maximum Gasteiger partial charge on any atom is 0.0560 e. The Balaban J connectivity index is 1.84. The molecule has 90 valence electrons. The zero-order valence-corrected chi connectivity index (χ0v) is 10.3. The van der Waals surface area contributed by atoms with Crippen molar-refractivity contribution in [1.82, 2.24) is 20.1 Å². The Labute approximate surface area is 102 Å². The van der Waals surface area contributed by atoms with Crippen molar-refractivity contribution < 1.29 is 0 Å². The minimum absolute atomic E-state index is 0.384. The predicted molar refractivity (Wildman–Crippen MR) is 67.5 cm³/mol. The van der Waals surface area contributed by atoms with Crippen LogP contribution in [-0.4, -0.2) is 20.8 Å². The summed E-state index contributed by atoms with van der Waals surface area (Å²) in [6.45, 7) is 6.00. The van der Waals surface area contributed by atoms with E-state index in [9.17, 15) is 0 Å². The fourth-order valence-electron chi connectivity index (χ4n) is 1.72. The smallest absolute Gasteiger partial charge is 0.0560 e. The summed E-state index contributed by atoms with van der Waals surface area (Å²) in [7, 11) is 0. The molecule has 4 nitrogen and oxygen atoms in total. The Morgan fingerprint density at radius 3 is 3.00 bits per heavy atom. The molecule has 1 atom stereocenters. The highest BCUT2D eigenvalue weighted by molar-refractivity contribution is 5.21. The summed E-state index contributed by atoms with van der Waals surface area (Å²) in [5.74, 6) is 0. The zero-order valence-electron chi connectivity index (χ0n) is 10.3. The van der Waals surface area contributed by atoms with Crippen LogP contribution >= 0.6 is 0 Å². The summed E-state index contributed by atoms with van der Waals surface area (Å²) < 4.78 is 1.94. The average molecular weight is 230 g/mol. The van der Waals surface area contributed by atoms with E-state index in [0.29, 0.717) is 6.04 Å². The number of aromatic nitrogens is 3. The molecule has 4 heteroatoms. The molecule has 0 aliphatic heterocycles. The molecular formula is C13H18N4. The molecule has 0 bridgehead atoms. The van der Waals surface area contributed by atoms with Crippen LogP contribution in [-0.2, 0) is 13.1 Å². The first-order valence-corrected chi connectivity index (χ1v) is 5.86. The second kappa shape index (κ2) is 5.59. The number of hydrogen-bond acceptors (Lipinski definition) is 3. The van der Waals surface area contributed by atoms with Gasteiger partial charge in [0.1, 0.15) is 0 Å². The van der Waals surface area contributed by atoms with E-state index in [0.717, 1.165) is 13.1 Å². The summed E-state index contributed by atoms with van der Waals surface area (Å²) in [5.41, 5.74) is 2.53. The summed E-state index contributed by atoms with van der Waals surface area (Å²) in [6, 6.07) is 4.36. The molecule has 0 spiro atoms. The van der Waals surface area contributed by atoms with Crippen molar-refractivity contribution in [3.8, 4) is 0 Å². The van der Waals surface area contributed by atoms with E-state index in [-0.39, 0.29) is 0 Å². The van der Waals surface area contributed by atoms with E-state index in [2.05, 4.69) is 29.2 Å². The second-order valence-corrected chi connectivity index (χ2v) is 4.31. The van der Waals surface area contributed by atoms with E-state index in [1.165, 1.54) is 11.1 Å². The van der Waals surface area contributed by atoms with Gasteiger partial charge in [-0.15, -0.1) is 0 Å². The van der Waals surface area contributed by atoms with Gasteiger partial charge in [0.2, 0.25) is 0 Å². The summed E-state index contributed by atoms with van der Waals surface area (Å²) in [4.78, 5) is 4.14. The van der Waals surface area contributed by atoms with Crippen LogP contribution in [0.2, 0.25) is 0 Å². The van der Waals surface area contributed by atoms with Gasteiger partial charge in [0.15, 0.2) is 0 Å². The molecule has 17 heavy (non-hydrogen) atoms. The summed E-state index contributed by atoms with van der Waals surface area (Å²) in [5, 5.41) is 7.67. The fourth-order valence-corrected chi connectivity index (χ4v) is 1.72. The number of nitrogens with one attached hydrogen (secondary N) is 1. The number of aryl methyl sites for hydroxylation is 1. The first-order valence-electron chi connectivity index (χ1n) is 5.86. The predicted octanol–water partition coefficient (Wildman–Crippen LogP) is 1.76. The van der Waals surface area contributed by atoms with Crippen molar-refractivity contribution in [1.29, 1.82) is 0 Å². The molecule has 2 heterocycles. The van der Waals surface area contributed by atoms with Gasteiger partial charge < -0.3 is 5.32 Å². The molecule has 1 unspecified atom stereocenters. The number of pyridine rings is 1. The highest BCUT2D eigenvalue weighted by atomic mass is 15.3. The van der Waals surface area contributed by atoms with Crippen LogP contribution in [0, 0.1) is 6.92 Å². The molecule has 1 N–H and O–H groups in total. The highest BCUT2D eigenvalue weighted by Crippen LogP contribution is 2.04. The molecule has 2 aromatic rings. The molecule has 0 saturated carbocycles. The maximum absolute atomic E-state index is 4.19. The number of hydrogen-bond donors (Lipinski definition) is 1. The number of nitrogens with zero attached hydrogens (tertiary/aromatic N) is 3. The third kappa shape index (κ3) is 3.39. The minimum atomic E-state index is 0.384. The maximum atomic E-state index is 4.19. The van der Waals surface area contributed by atoms with Gasteiger partial charge in [-0.1, -0.05) is 0 Å². The van der Waals surface area contributed by atoms with Crippen LogP contribution in [0.25, 0.3) is 0 Å². The van der Waals surface area contributed by atoms with Crippen molar-refractivity contribution in [2.24, 2.45) is 0 Å². The van der Waals surface area contributed by atoms with Gasteiger partial charge in [0.25, 0.3) is 0 Å². The van der Waals surface area contributed by atoms with Crippen molar-refractivity contribution in [2.45, 2.75) is 33.0 Å². The van der Waals surface area contributed by atoms with Crippen molar-refractivity contribution >= 4 is 0 Å². The lowest BCUT2D eigenvalue weighted by atomic mass is 10.1. The third-order valence-electron chi connectivity index (χ3n) is 2.81. The third-order valence-corrected chi connectivity index (χ3v) is 2.81. The summed E-state index contributed by atoms with van der Waals surface area (Å²) in [6.07, 6.45) is 7.53. The minimum Gasteiger partial charge on any atom is -0.308 e. The van der Waals surface area contributed by atoms with Gasteiger partial charge in [0, 0.05) is 37.4 Å². The Morgan fingerprint density at radius 2 is 2.29 bits per heavy atom. The van der Waals surface area contributed by atoms with Crippen molar-refractivity contribution in [3.63, 3.8) is 0 Å². The van der Waals surface area contributed by atoms with Gasteiger partial charge in [-0.3, -0.25) is 9.67 Å². The van der Waals surface area contributed by atoms with Gasteiger partial charge in [-0.2, -0.15) is 5.10 Å². The highest BCUT2D eigenvalue weighted by Gasteiger charge is 2.04. The normalized spacial score (nSPS) is 12.6. The van der Waals surface area contributed by atoms with E-state index in [1.54, 1.807) is 6.20 Å². The van der Waals surface area contributed by atoms with E-state index < -0.39 is 0 Å². The summed E-state index contributed by atoms with van der Waals surface area (Å²) >= 11 is 0. The lowest BCUT2D eigenvalue weighted by Gasteiger charge is -2.14. The van der Waals surface area contributed by atoms with E-state index in [1.807, 2.05) is 35.4 Å². The van der Waals surface area contributed by atoms with Crippen LogP contribution in [0.5, 0.6) is 0 Å². The average Bonchev–Trinajstić information content (AvgIpc) is 2.81. The molecular weight excluding hydrogens is 212 g/mol. The molecule has 0 amide bonds. The van der Waals surface area contributed by atoms with Crippen LogP contribution in [0.4, 0.5) is 0 Å². The van der Waals surface area contributed by atoms with Crippen molar-refractivity contribution in [3.05, 3.63) is 48.0 Å². The molecule has 2 rings (SSSR count). The SMILES string of the molecule is Cc1ccncc1CNC(C)Cn1cccn1. The molecule has 0 radical (unpaired) electrons. The lowest BCUT2D eigenvalue weighted by molar-refractivity contribution is 0.450. The molecule has 2 aromatic heterocycles. The first kappa shape index (κ1) is 11.8. The van der Waals surface area contributed by atoms with Crippen LogP contribution in [0.1, 0.15) is 18.1 Å². The quantitative estimate of drug-likeness (QED) is 0.851. The molecule has 0 aromatic carbocycles. The van der Waals surface area contributed by atoms with E-state index >= 15 is 0 Å². The number of rotatable bonds is 5. The fraction of sp³-hybridized carbons (Fsp3) is 0.385. The van der Waals surface area contributed by atoms with Crippen LogP contribution < -0.4 is 5.32 Å². The molecule has 0 fully saturated rings. The largest absolute Gasteiger partial charge is 0.308 e. The Kier molecular flexibility index (Phi) is 3.88. The monoisotopic (exact) mass is 230 g/mol. The van der Waals surface area contributed by atoms with Crippen LogP contribution in [0.3, 0.4) is 0 Å².